The molecule has 0 saturated carbocycles. The average Bonchev–Trinajstić information content (AvgIpc) is 3.61. The smallest absolute Gasteiger partial charge is 0.258 e. The first-order valence-electron chi connectivity index (χ1n) is 15.0. The van der Waals surface area contributed by atoms with Gasteiger partial charge in [-0.2, -0.15) is 0 Å². The third-order valence-electron chi connectivity index (χ3n) is 8.30. The van der Waals surface area contributed by atoms with Gasteiger partial charge in [-0.1, -0.05) is 120 Å². The van der Waals surface area contributed by atoms with Crippen LogP contribution in [-0.2, 0) is 13.1 Å². The number of nitrogens with zero attached hydrogens (tertiary/aromatic N) is 2. The van der Waals surface area contributed by atoms with Crippen LogP contribution in [-0.4, -0.2) is 11.8 Å². The van der Waals surface area contributed by atoms with Crippen LogP contribution in [0.4, 0.5) is 11.4 Å². The van der Waals surface area contributed by atoms with Crippen molar-refractivity contribution in [3.05, 3.63) is 178 Å². The molecule has 224 valence electrons. The Balaban J connectivity index is 0.000000147. The Morgan fingerprint density at radius 3 is 1.17 bits per heavy atom. The second-order valence-corrected chi connectivity index (χ2v) is 12.0. The Kier molecular flexibility index (Phi) is 8.15. The van der Waals surface area contributed by atoms with Crippen LogP contribution in [0.2, 0.25) is 10.0 Å². The number of rotatable bonds is 4. The van der Waals surface area contributed by atoms with E-state index in [0.29, 0.717) is 23.1 Å². The number of benzene rings is 6. The maximum absolute atomic E-state index is 12.7. The van der Waals surface area contributed by atoms with Gasteiger partial charge in [-0.3, -0.25) is 9.59 Å². The summed E-state index contributed by atoms with van der Waals surface area (Å²) >= 11 is 12.3. The van der Waals surface area contributed by atoms with Gasteiger partial charge in [0.25, 0.3) is 11.8 Å². The molecule has 46 heavy (non-hydrogen) atoms. The van der Waals surface area contributed by atoms with Crippen molar-refractivity contribution in [1.82, 2.24) is 0 Å². The van der Waals surface area contributed by atoms with Crippen LogP contribution in [0.25, 0.3) is 22.3 Å². The molecule has 6 aromatic carbocycles. The highest BCUT2D eigenvalue weighted by molar-refractivity contribution is 6.31. The van der Waals surface area contributed by atoms with Crippen LogP contribution in [0, 0.1) is 0 Å². The lowest BCUT2D eigenvalue weighted by Gasteiger charge is -2.20. The number of para-hydroxylation sites is 2. The zero-order valence-corrected chi connectivity index (χ0v) is 26.2. The number of fused-ring (bicyclic) bond motifs is 2. The standard InChI is InChI=1S/2C20H14ClNO/c2*21-16-8-5-7-14(12-16)17-9-3-4-11-19(17)22-13-15-6-1-2-10-18(15)20(22)23/h2*1-12H,13H2. The maximum Gasteiger partial charge on any atom is 0.258 e. The molecule has 0 N–H and O–H groups in total. The highest BCUT2D eigenvalue weighted by Gasteiger charge is 2.30. The molecule has 2 aliphatic rings. The summed E-state index contributed by atoms with van der Waals surface area (Å²) in [4.78, 5) is 29.2. The predicted molar refractivity (Wildman–Crippen MR) is 188 cm³/mol. The van der Waals surface area contributed by atoms with Gasteiger partial charge < -0.3 is 9.80 Å². The number of anilines is 2. The molecule has 2 amide bonds. The topological polar surface area (TPSA) is 40.6 Å². The molecule has 0 saturated heterocycles. The molecule has 0 fully saturated rings. The zero-order chi connectivity index (χ0) is 31.6. The lowest BCUT2D eigenvalue weighted by atomic mass is 10.0. The van der Waals surface area contributed by atoms with Crippen molar-refractivity contribution in [2.45, 2.75) is 13.1 Å². The van der Waals surface area contributed by atoms with Gasteiger partial charge in [0.2, 0.25) is 0 Å². The van der Waals surface area contributed by atoms with E-state index < -0.39 is 0 Å². The quantitative estimate of drug-likeness (QED) is 0.193. The fourth-order valence-electron chi connectivity index (χ4n) is 6.12. The molecule has 0 aromatic heterocycles. The van der Waals surface area contributed by atoms with E-state index in [1.54, 1.807) is 0 Å². The van der Waals surface area contributed by atoms with E-state index >= 15 is 0 Å². The molecule has 2 heterocycles. The fraction of sp³-hybridized carbons (Fsp3) is 0.0500. The van der Waals surface area contributed by atoms with Crippen LogP contribution in [0.1, 0.15) is 31.8 Å². The van der Waals surface area contributed by atoms with Gasteiger partial charge >= 0.3 is 0 Å². The second-order valence-electron chi connectivity index (χ2n) is 11.2. The Labute approximate surface area is 278 Å². The summed E-state index contributed by atoms with van der Waals surface area (Å²) in [5.74, 6) is 0.102. The van der Waals surface area contributed by atoms with Gasteiger partial charge in [-0.25, -0.2) is 0 Å². The SMILES string of the molecule is O=C1c2ccccc2CN1c1ccccc1-c1cccc(Cl)c1.O=C1c2ccccc2CN1c1ccccc1-c1cccc(Cl)c1. The lowest BCUT2D eigenvalue weighted by molar-refractivity contribution is 0.0989. The van der Waals surface area contributed by atoms with Crippen molar-refractivity contribution < 1.29 is 9.59 Å². The summed E-state index contributed by atoms with van der Waals surface area (Å²) in [7, 11) is 0. The monoisotopic (exact) mass is 638 g/mol. The van der Waals surface area contributed by atoms with Gasteiger partial charge in [0, 0.05) is 32.3 Å². The molecular weight excluding hydrogens is 611 g/mol. The van der Waals surface area contributed by atoms with Crippen molar-refractivity contribution in [2.24, 2.45) is 0 Å². The van der Waals surface area contributed by atoms with Crippen molar-refractivity contribution in [2.75, 3.05) is 9.80 Å². The van der Waals surface area contributed by atoms with E-state index in [1.807, 2.05) is 155 Å². The maximum atomic E-state index is 12.7. The van der Waals surface area contributed by atoms with E-state index in [1.165, 1.54) is 0 Å². The summed E-state index contributed by atoms with van der Waals surface area (Å²) in [6.07, 6.45) is 0. The normalized spacial score (nSPS) is 13.3. The number of amides is 2. The highest BCUT2D eigenvalue weighted by atomic mass is 35.5. The molecule has 6 heteroatoms. The highest BCUT2D eigenvalue weighted by Crippen LogP contribution is 2.38. The lowest BCUT2D eigenvalue weighted by Crippen LogP contribution is -2.23. The molecule has 4 nitrogen and oxygen atoms in total. The van der Waals surface area contributed by atoms with Crippen LogP contribution in [0.15, 0.2) is 146 Å². The fourth-order valence-corrected chi connectivity index (χ4v) is 6.50. The Bertz CT molecular complexity index is 1960. The predicted octanol–water partition coefficient (Wildman–Crippen LogP) is 10.3. The summed E-state index contributed by atoms with van der Waals surface area (Å²) in [5, 5.41) is 1.38. The van der Waals surface area contributed by atoms with Gasteiger partial charge in [0.05, 0.1) is 24.5 Å². The first kappa shape index (κ1) is 29.5. The minimum atomic E-state index is 0.0510. The number of hydrogen-bond donors (Lipinski definition) is 0. The number of halogens is 2. The van der Waals surface area contributed by atoms with Crippen molar-refractivity contribution in [3.8, 4) is 22.3 Å². The van der Waals surface area contributed by atoms with Crippen molar-refractivity contribution in [3.63, 3.8) is 0 Å². The van der Waals surface area contributed by atoms with E-state index in [9.17, 15) is 9.59 Å². The van der Waals surface area contributed by atoms with E-state index in [0.717, 1.165) is 55.9 Å². The zero-order valence-electron chi connectivity index (χ0n) is 24.7. The van der Waals surface area contributed by atoms with Gasteiger partial charge in [-0.15, -0.1) is 0 Å². The Morgan fingerprint density at radius 2 is 0.783 bits per heavy atom. The number of carbonyl (C=O) groups is 2. The third-order valence-corrected chi connectivity index (χ3v) is 8.77. The molecule has 2 aliphatic heterocycles. The molecule has 6 aromatic rings. The molecule has 0 bridgehead atoms. The van der Waals surface area contributed by atoms with E-state index in [2.05, 4.69) is 0 Å². The van der Waals surface area contributed by atoms with E-state index in [-0.39, 0.29) is 11.8 Å². The van der Waals surface area contributed by atoms with Crippen LogP contribution in [0.5, 0.6) is 0 Å². The Morgan fingerprint density at radius 1 is 0.413 bits per heavy atom. The molecule has 0 unspecified atom stereocenters. The molecule has 8 rings (SSSR count). The largest absolute Gasteiger partial charge is 0.303 e. The average molecular weight is 640 g/mol. The second kappa shape index (κ2) is 12.7. The first-order valence-corrected chi connectivity index (χ1v) is 15.7. The molecule has 0 radical (unpaired) electrons. The van der Waals surface area contributed by atoms with Gasteiger partial charge in [0.15, 0.2) is 0 Å². The van der Waals surface area contributed by atoms with Crippen LogP contribution in [0.3, 0.4) is 0 Å². The van der Waals surface area contributed by atoms with E-state index in [4.69, 9.17) is 23.2 Å². The van der Waals surface area contributed by atoms with Gasteiger partial charge in [-0.05, 0) is 70.8 Å². The summed E-state index contributed by atoms with van der Waals surface area (Å²) < 4.78 is 0. The summed E-state index contributed by atoms with van der Waals surface area (Å²) in [5.41, 5.74) is 9.58. The van der Waals surface area contributed by atoms with Crippen LogP contribution < -0.4 is 9.80 Å². The van der Waals surface area contributed by atoms with Gasteiger partial charge in [0.1, 0.15) is 0 Å². The molecule has 0 spiro atoms. The molecule has 0 atom stereocenters. The molecule has 0 aliphatic carbocycles. The first-order chi connectivity index (χ1) is 22.5. The number of hydrogen-bond acceptors (Lipinski definition) is 2. The van der Waals surface area contributed by atoms with Crippen molar-refractivity contribution >= 4 is 46.4 Å². The third kappa shape index (κ3) is 5.69. The molecular formula is C40H28Cl2N2O2. The van der Waals surface area contributed by atoms with Crippen molar-refractivity contribution in [1.29, 1.82) is 0 Å². The minimum Gasteiger partial charge on any atom is -0.303 e. The minimum absolute atomic E-state index is 0.0510. The number of carbonyl (C=O) groups excluding carboxylic acids is 2. The Hall–Kier alpha value is -5.16. The van der Waals surface area contributed by atoms with Crippen LogP contribution >= 0.6 is 23.2 Å². The summed E-state index contributed by atoms with van der Waals surface area (Å²) in [6, 6.07) is 46.9. The summed E-state index contributed by atoms with van der Waals surface area (Å²) in [6.45, 7) is 1.21.